The van der Waals surface area contributed by atoms with E-state index < -0.39 is 0 Å². The van der Waals surface area contributed by atoms with Gasteiger partial charge in [0.2, 0.25) is 11.2 Å². The average molecular weight is 302 g/mol. The van der Waals surface area contributed by atoms with Crippen molar-refractivity contribution in [2.45, 2.75) is 13.5 Å². The fraction of sp³-hybridized carbons (Fsp3) is 0.154. The van der Waals surface area contributed by atoms with Gasteiger partial charge in [0.1, 0.15) is 12.7 Å². The number of rotatable bonds is 4. The zero-order valence-corrected chi connectivity index (χ0v) is 12.0. The first-order valence-electron chi connectivity index (χ1n) is 6.27. The zero-order chi connectivity index (χ0) is 14.7. The van der Waals surface area contributed by atoms with Crippen molar-refractivity contribution >= 4 is 17.5 Å². The number of aryl methyl sites for hydroxylation is 1. The minimum Gasteiger partial charge on any atom is -0.350 e. The molecule has 8 heteroatoms. The molecule has 7 nitrogen and oxygen atoms in total. The molecule has 0 saturated heterocycles. The summed E-state index contributed by atoms with van der Waals surface area (Å²) in [6.07, 6.45) is 2.90. The Kier molecular flexibility index (Phi) is 3.74. The van der Waals surface area contributed by atoms with Crippen molar-refractivity contribution < 1.29 is 0 Å². The van der Waals surface area contributed by atoms with E-state index in [0.29, 0.717) is 18.4 Å². The number of anilines is 1. The summed E-state index contributed by atoms with van der Waals surface area (Å²) in [5, 5.41) is 7.19. The Morgan fingerprint density at radius 3 is 2.90 bits per heavy atom. The Labute approximate surface area is 126 Å². The lowest BCUT2D eigenvalue weighted by molar-refractivity contribution is 0.793. The molecule has 0 unspecified atom stereocenters. The van der Waals surface area contributed by atoms with Crippen LogP contribution < -0.4 is 5.32 Å². The normalized spacial score (nSPS) is 10.6. The predicted molar refractivity (Wildman–Crippen MR) is 78.3 cm³/mol. The van der Waals surface area contributed by atoms with Crippen LogP contribution >= 0.6 is 11.6 Å². The van der Waals surface area contributed by atoms with Crippen molar-refractivity contribution in [3.8, 4) is 5.95 Å². The molecular weight excluding hydrogens is 290 g/mol. The van der Waals surface area contributed by atoms with Crippen molar-refractivity contribution in [2.24, 2.45) is 0 Å². The van der Waals surface area contributed by atoms with Gasteiger partial charge in [0.05, 0.1) is 0 Å². The van der Waals surface area contributed by atoms with E-state index in [1.54, 1.807) is 0 Å². The largest absolute Gasteiger partial charge is 0.350 e. The molecular formula is C13H12ClN7. The molecule has 2 aromatic heterocycles. The quantitative estimate of drug-likeness (QED) is 0.794. The number of halogens is 1. The highest BCUT2D eigenvalue weighted by Crippen LogP contribution is 2.10. The van der Waals surface area contributed by atoms with Crippen LogP contribution in [0.15, 0.2) is 36.9 Å². The van der Waals surface area contributed by atoms with Gasteiger partial charge in [0, 0.05) is 6.54 Å². The molecule has 3 aromatic rings. The van der Waals surface area contributed by atoms with Crippen molar-refractivity contribution in [1.82, 2.24) is 29.7 Å². The van der Waals surface area contributed by atoms with Gasteiger partial charge in [0.15, 0.2) is 0 Å². The first kappa shape index (κ1) is 13.4. The van der Waals surface area contributed by atoms with Crippen molar-refractivity contribution in [1.29, 1.82) is 0 Å². The number of aromatic nitrogens is 6. The first-order chi connectivity index (χ1) is 10.2. The second-order valence-electron chi connectivity index (χ2n) is 4.41. The van der Waals surface area contributed by atoms with Crippen LogP contribution in [0.3, 0.4) is 0 Å². The minimum atomic E-state index is 0.0993. The van der Waals surface area contributed by atoms with Crippen LogP contribution in [0.1, 0.15) is 11.1 Å². The molecule has 2 heterocycles. The highest BCUT2D eigenvalue weighted by molar-refractivity contribution is 6.28. The van der Waals surface area contributed by atoms with Gasteiger partial charge in [0.25, 0.3) is 5.95 Å². The molecule has 0 aliphatic carbocycles. The van der Waals surface area contributed by atoms with Crippen LogP contribution in [0, 0.1) is 6.92 Å². The second-order valence-corrected chi connectivity index (χ2v) is 4.75. The molecule has 1 N–H and O–H groups in total. The van der Waals surface area contributed by atoms with Crippen molar-refractivity contribution in [3.05, 3.63) is 53.3 Å². The van der Waals surface area contributed by atoms with Gasteiger partial charge in [-0.3, -0.25) is 0 Å². The number of hydrogen-bond acceptors (Lipinski definition) is 6. The Morgan fingerprint density at radius 1 is 1.24 bits per heavy atom. The van der Waals surface area contributed by atoms with Gasteiger partial charge in [-0.15, -0.1) is 0 Å². The van der Waals surface area contributed by atoms with Gasteiger partial charge in [-0.05, 0) is 24.1 Å². The van der Waals surface area contributed by atoms with Crippen molar-refractivity contribution in [3.63, 3.8) is 0 Å². The van der Waals surface area contributed by atoms with Crippen LogP contribution in [-0.2, 0) is 6.54 Å². The Morgan fingerprint density at radius 2 is 2.14 bits per heavy atom. The minimum absolute atomic E-state index is 0.0993. The van der Waals surface area contributed by atoms with E-state index >= 15 is 0 Å². The summed E-state index contributed by atoms with van der Waals surface area (Å²) in [4.78, 5) is 16.2. The van der Waals surface area contributed by atoms with Gasteiger partial charge in [-0.2, -0.15) is 24.7 Å². The van der Waals surface area contributed by atoms with E-state index in [1.807, 2.05) is 25.1 Å². The van der Waals surface area contributed by atoms with Gasteiger partial charge < -0.3 is 5.32 Å². The highest BCUT2D eigenvalue weighted by Gasteiger charge is 2.07. The van der Waals surface area contributed by atoms with E-state index in [9.17, 15) is 0 Å². The molecule has 21 heavy (non-hydrogen) atoms. The predicted octanol–water partition coefficient (Wildman–Crippen LogP) is 2.03. The topological polar surface area (TPSA) is 81.4 Å². The lowest BCUT2D eigenvalue weighted by Crippen LogP contribution is -2.09. The van der Waals surface area contributed by atoms with E-state index in [4.69, 9.17) is 11.6 Å². The van der Waals surface area contributed by atoms with Crippen LogP contribution in [-0.4, -0.2) is 29.7 Å². The molecule has 0 saturated carbocycles. The SMILES string of the molecule is Cc1cccc(CNc2nc(Cl)nc(-n3cncn3)n2)c1. The maximum Gasteiger partial charge on any atom is 0.258 e. The lowest BCUT2D eigenvalue weighted by Gasteiger charge is -2.07. The fourth-order valence-electron chi connectivity index (χ4n) is 1.84. The standard InChI is InChI=1S/C13H12ClN7/c1-9-3-2-4-10(5-9)6-16-12-18-11(14)19-13(20-12)21-8-15-7-17-21/h2-5,7-8H,6H2,1H3,(H,16,18,19,20). The number of nitrogens with zero attached hydrogens (tertiary/aromatic N) is 6. The summed E-state index contributed by atoms with van der Waals surface area (Å²) in [5.41, 5.74) is 2.33. The average Bonchev–Trinajstić information content (AvgIpc) is 2.99. The van der Waals surface area contributed by atoms with E-state index in [1.165, 1.54) is 22.9 Å². The third kappa shape index (κ3) is 3.32. The molecule has 0 bridgehead atoms. The third-order valence-corrected chi connectivity index (χ3v) is 2.92. The van der Waals surface area contributed by atoms with Crippen LogP contribution in [0.25, 0.3) is 5.95 Å². The zero-order valence-electron chi connectivity index (χ0n) is 11.2. The molecule has 0 atom stereocenters. The van der Waals surface area contributed by atoms with Gasteiger partial charge in [-0.25, -0.2) is 4.98 Å². The third-order valence-electron chi connectivity index (χ3n) is 2.75. The van der Waals surface area contributed by atoms with Crippen LogP contribution in [0.4, 0.5) is 5.95 Å². The summed E-state index contributed by atoms with van der Waals surface area (Å²) in [6, 6.07) is 8.18. The Bertz CT molecular complexity index is 742. The Hall–Kier alpha value is -2.54. The molecule has 0 aliphatic rings. The molecule has 3 rings (SSSR count). The van der Waals surface area contributed by atoms with Crippen molar-refractivity contribution in [2.75, 3.05) is 5.32 Å². The molecule has 0 amide bonds. The van der Waals surface area contributed by atoms with Crippen LogP contribution in [0.2, 0.25) is 5.28 Å². The summed E-state index contributed by atoms with van der Waals surface area (Å²) in [6.45, 7) is 2.64. The summed E-state index contributed by atoms with van der Waals surface area (Å²) in [5.74, 6) is 0.709. The Balaban J connectivity index is 1.79. The molecule has 106 valence electrons. The summed E-state index contributed by atoms with van der Waals surface area (Å²) >= 11 is 5.91. The molecule has 0 spiro atoms. The van der Waals surface area contributed by atoms with Gasteiger partial charge >= 0.3 is 0 Å². The maximum absolute atomic E-state index is 5.91. The van der Waals surface area contributed by atoms with Crippen LogP contribution in [0.5, 0.6) is 0 Å². The highest BCUT2D eigenvalue weighted by atomic mass is 35.5. The van der Waals surface area contributed by atoms with Gasteiger partial charge in [-0.1, -0.05) is 29.8 Å². The lowest BCUT2D eigenvalue weighted by atomic mass is 10.1. The first-order valence-corrected chi connectivity index (χ1v) is 6.64. The molecule has 0 fully saturated rings. The number of benzene rings is 1. The molecule has 1 aromatic carbocycles. The van der Waals surface area contributed by atoms with E-state index in [-0.39, 0.29) is 5.28 Å². The van der Waals surface area contributed by atoms with E-state index in [2.05, 4.69) is 36.4 Å². The summed E-state index contributed by atoms with van der Waals surface area (Å²) < 4.78 is 1.42. The fourth-order valence-corrected chi connectivity index (χ4v) is 1.99. The molecule has 0 aliphatic heterocycles. The smallest absolute Gasteiger partial charge is 0.258 e. The number of nitrogens with one attached hydrogen (secondary N) is 1. The summed E-state index contributed by atoms with van der Waals surface area (Å²) in [7, 11) is 0. The van der Waals surface area contributed by atoms with E-state index in [0.717, 1.165) is 5.56 Å². The number of hydrogen-bond donors (Lipinski definition) is 1. The maximum atomic E-state index is 5.91. The molecule has 0 radical (unpaired) electrons. The second kappa shape index (κ2) is 5.84. The monoisotopic (exact) mass is 301 g/mol.